The maximum absolute atomic E-state index is 13.5. The summed E-state index contributed by atoms with van der Waals surface area (Å²) in [7, 11) is 1.70. The fourth-order valence-corrected chi connectivity index (χ4v) is 1.50. The van der Waals surface area contributed by atoms with E-state index in [0.717, 1.165) is 16.7 Å². The van der Waals surface area contributed by atoms with Crippen LogP contribution in [-0.2, 0) is 0 Å². The van der Waals surface area contributed by atoms with Gasteiger partial charge in [0.1, 0.15) is 5.82 Å². The summed E-state index contributed by atoms with van der Waals surface area (Å²) in [6.45, 7) is 5.61. The summed E-state index contributed by atoms with van der Waals surface area (Å²) in [5.74, 6) is 0.0476. The molecule has 0 aliphatic carbocycles. The number of aryl methyl sites for hydroxylation is 1. The molecule has 0 radical (unpaired) electrons. The van der Waals surface area contributed by atoms with Gasteiger partial charge in [-0.1, -0.05) is 6.58 Å². The number of allylic oxidation sites excluding steroid dienone is 1. The second kappa shape index (κ2) is 4.47. The highest BCUT2D eigenvalue weighted by Gasteiger charge is 2.07. The van der Waals surface area contributed by atoms with Crippen LogP contribution in [0.5, 0.6) is 0 Å². The molecule has 0 bridgehead atoms. The van der Waals surface area contributed by atoms with E-state index in [9.17, 15) is 4.39 Å². The quantitative estimate of drug-likeness (QED) is 0.759. The van der Waals surface area contributed by atoms with E-state index in [1.165, 1.54) is 6.07 Å². The van der Waals surface area contributed by atoms with Gasteiger partial charge in [0.15, 0.2) is 0 Å². The molecule has 3 heteroatoms. The van der Waals surface area contributed by atoms with Gasteiger partial charge in [-0.25, -0.2) is 4.39 Å². The summed E-state index contributed by atoms with van der Waals surface area (Å²) in [5.41, 5.74) is 2.87. The van der Waals surface area contributed by atoms with Gasteiger partial charge in [-0.05, 0) is 35.8 Å². The molecule has 14 heavy (non-hydrogen) atoms. The van der Waals surface area contributed by atoms with Gasteiger partial charge in [0.05, 0.1) is 5.69 Å². The second-order valence-corrected chi connectivity index (χ2v) is 3.40. The standard InChI is InChI=1S/C11H13ClFN/c1-7-4-9(8(2)6-12)5-10(13)11(7)14-3/h4-5,14H,2,6H2,1,3H3. The van der Waals surface area contributed by atoms with E-state index in [-0.39, 0.29) is 5.82 Å². The van der Waals surface area contributed by atoms with Crippen LogP contribution in [0.25, 0.3) is 5.57 Å². The zero-order valence-corrected chi connectivity index (χ0v) is 9.08. The number of anilines is 1. The van der Waals surface area contributed by atoms with Crippen LogP contribution < -0.4 is 5.32 Å². The Morgan fingerprint density at radius 3 is 2.64 bits per heavy atom. The molecule has 76 valence electrons. The van der Waals surface area contributed by atoms with E-state index in [0.29, 0.717) is 11.6 Å². The lowest BCUT2D eigenvalue weighted by atomic mass is 10.0. The molecule has 1 nitrogen and oxygen atoms in total. The average molecular weight is 214 g/mol. The number of alkyl halides is 1. The number of nitrogens with one attached hydrogen (secondary N) is 1. The molecule has 0 aliphatic rings. The highest BCUT2D eigenvalue weighted by atomic mass is 35.5. The lowest BCUT2D eigenvalue weighted by molar-refractivity contribution is 0.630. The molecule has 0 unspecified atom stereocenters. The van der Waals surface area contributed by atoms with Crippen molar-refractivity contribution in [3.8, 4) is 0 Å². The Balaban J connectivity index is 3.20. The molecule has 0 amide bonds. The summed E-state index contributed by atoms with van der Waals surface area (Å²) in [4.78, 5) is 0. The molecule has 0 saturated carbocycles. The van der Waals surface area contributed by atoms with Gasteiger partial charge in [-0.3, -0.25) is 0 Å². The minimum atomic E-state index is -0.270. The van der Waals surface area contributed by atoms with Gasteiger partial charge in [0, 0.05) is 12.9 Å². The van der Waals surface area contributed by atoms with Crippen LogP contribution in [0.15, 0.2) is 18.7 Å². The van der Waals surface area contributed by atoms with Crippen molar-refractivity contribution in [1.82, 2.24) is 0 Å². The third-order valence-corrected chi connectivity index (χ3v) is 2.43. The van der Waals surface area contributed by atoms with Gasteiger partial charge in [0.2, 0.25) is 0 Å². The van der Waals surface area contributed by atoms with Gasteiger partial charge < -0.3 is 5.32 Å². The predicted molar refractivity (Wildman–Crippen MR) is 60.4 cm³/mol. The Kier molecular flexibility index (Phi) is 3.53. The van der Waals surface area contributed by atoms with E-state index in [2.05, 4.69) is 11.9 Å². The van der Waals surface area contributed by atoms with Crippen molar-refractivity contribution in [3.63, 3.8) is 0 Å². The largest absolute Gasteiger partial charge is 0.386 e. The first-order valence-corrected chi connectivity index (χ1v) is 4.85. The molecular weight excluding hydrogens is 201 g/mol. The highest BCUT2D eigenvalue weighted by molar-refractivity contribution is 6.23. The first-order valence-electron chi connectivity index (χ1n) is 4.32. The number of hydrogen-bond donors (Lipinski definition) is 1. The van der Waals surface area contributed by atoms with E-state index in [1.807, 2.05) is 13.0 Å². The third-order valence-electron chi connectivity index (χ3n) is 2.11. The summed E-state index contributed by atoms with van der Waals surface area (Å²) in [6.07, 6.45) is 0. The molecule has 0 fully saturated rings. The van der Waals surface area contributed by atoms with Crippen LogP contribution in [0.3, 0.4) is 0 Å². The number of rotatable bonds is 3. The summed E-state index contributed by atoms with van der Waals surface area (Å²) < 4.78 is 13.5. The van der Waals surface area contributed by atoms with Crippen LogP contribution in [-0.4, -0.2) is 12.9 Å². The lowest BCUT2D eigenvalue weighted by Gasteiger charge is -2.10. The third kappa shape index (κ3) is 2.07. The zero-order chi connectivity index (χ0) is 10.7. The Hall–Kier alpha value is -1.02. The fourth-order valence-electron chi connectivity index (χ4n) is 1.34. The smallest absolute Gasteiger partial charge is 0.147 e. The van der Waals surface area contributed by atoms with Gasteiger partial charge >= 0.3 is 0 Å². The summed E-state index contributed by atoms with van der Waals surface area (Å²) in [5, 5.41) is 2.81. The molecule has 0 saturated heterocycles. The van der Waals surface area contributed by atoms with Crippen LogP contribution in [0, 0.1) is 12.7 Å². The Morgan fingerprint density at radius 2 is 2.21 bits per heavy atom. The maximum Gasteiger partial charge on any atom is 0.147 e. The van der Waals surface area contributed by atoms with Gasteiger partial charge in [-0.2, -0.15) is 0 Å². The Bertz CT molecular complexity index is 337. The van der Waals surface area contributed by atoms with Crippen molar-refractivity contribution in [2.45, 2.75) is 6.92 Å². The molecule has 1 aromatic carbocycles. The SMILES string of the molecule is C=C(CCl)c1cc(C)c(NC)c(F)c1. The molecule has 1 rings (SSSR count). The molecule has 0 spiro atoms. The molecule has 0 atom stereocenters. The van der Waals surface area contributed by atoms with Crippen LogP contribution in [0.2, 0.25) is 0 Å². The van der Waals surface area contributed by atoms with Crippen molar-refractivity contribution in [2.75, 3.05) is 18.2 Å². The van der Waals surface area contributed by atoms with Crippen molar-refractivity contribution >= 4 is 22.9 Å². The molecule has 1 aromatic rings. The maximum atomic E-state index is 13.5. The van der Waals surface area contributed by atoms with Crippen molar-refractivity contribution in [1.29, 1.82) is 0 Å². The number of halogens is 2. The minimum absolute atomic E-state index is 0.270. The van der Waals surface area contributed by atoms with Crippen molar-refractivity contribution < 1.29 is 4.39 Å². The molecular formula is C11H13ClFN. The van der Waals surface area contributed by atoms with Crippen molar-refractivity contribution in [2.24, 2.45) is 0 Å². The number of benzene rings is 1. The van der Waals surface area contributed by atoms with Crippen LogP contribution >= 0.6 is 11.6 Å². The monoisotopic (exact) mass is 213 g/mol. The highest BCUT2D eigenvalue weighted by Crippen LogP contribution is 2.24. The van der Waals surface area contributed by atoms with Crippen LogP contribution in [0.4, 0.5) is 10.1 Å². The topological polar surface area (TPSA) is 12.0 Å². The second-order valence-electron chi connectivity index (χ2n) is 3.14. The Morgan fingerprint density at radius 1 is 1.57 bits per heavy atom. The fraction of sp³-hybridized carbons (Fsp3) is 0.273. The number of hydrogen-bond acceptors (Lipinski definition) is 1. The first kappa shape index (κ1) is 11.1. The van der Waals surface area contributed by atoms with Crippen LogP contribution in [0.1, 0.15) is 11.1 Å². The van der Waals surface area contributed by atoms with Gasteiger partial charge in [-0.15, -0.1) is 11.6 Å². The molecule has 1 N–H and O–H groups in total. The summed E-state index contributed by atoms with van der Waals surface area (Å²) in [6, 6.07) is 3.32. The predicted octanol–water partition coefficient (Wildman–Crippen LogP) is 3.43. The summed E-state index contributed by atoms with van der Waals surface area (Å²) >= 11 is 5.63. The van der Waals surface area contributed by atoms with Crippen molar-refractivity contribution in [3.05, 3.63) is 35.7 Å². The van der Waals surface area contributed by atoms with Gasteiger partial charge in [0.25, 0.3) is 0 Å². The zero-order valence-electron chi connectivity index (χ0n) is 8.32. The molecule has 0 aromatic heterocycles. The normalized spacial score (nSPS) is 10.0. The minimum Gasteiger partial charge on any atom is -0.386 e. The van der Waals surface area contributed by atoms with E-state index >= 15 is 0 Å². The average Bonchev–Trinajstić information content (AvgIpc) is 2.16. The molecule has 0 heterocycles. The Labute approximate surface area is 88.6 Å². The molecule has 0 aliphatic heterocycles. The lowest BCUT2D eigenvalue weighted by Crippen LogP contribution is -1.98. The van der Waals surface area contributed by atoms with E-state index in [1.54, 1.807) is 7.05 Å². The first-order chi connectivity index (χ1) is 6.60. The van der Waals surface area contributed by atoms with E-state index < -0.39 is 0 Å². The van der Waals surface area contributed by atoms with E-state index in [4.69, 9.17) is 11.6 Å².